The van der Waals surface area contributed by atoms with Gasteiger partial charge in [-0.15, -0.1) is 0 Å². The number of hydrogen-bond acceptors (Lipinski definition) is 4. The number of carboxylic acid groups (broad SMARTS) is 1. The third-order valence-electron chi connectivity index (χ3n) is 2.01. The van der Waals surface area contributed by atoms with E-state index >= 15 is 0 Å². The first-order valence-electron chi connectivity index (χ1n) is 4.69. The number of carbonyl (C=O) groups is 1. The maximum atomic E-state index is 12.0. The van der Waals surface area contributed by atoms with Crippen LogP contribution >= 0.6 is 39.1 Å². The Labute approximate surface area is 127 Å². The fraction of sp³-hybridized carbons (Fsp3) is 0.222. The lowest BCUT2D eigenvalue weighted by atomic mass is 10.3. The highest BCUT2D eigenvalue weighted by molar-refractivity contribution is 9.10. The smallest absolute Gasteiger partial charge is 0.324 e. The van der Waals surface area contributed by atoms with Crippen LogP contribution < -0.4 is 4.72 Å². The van der Waals surface area contributed by atoms with Gasteiger partial charge < -0.3 is 10.2 Å². The molecule has 0 saturated carbocycles. The van der Waals surface area contributed by atoms with E-state index in [9.17, 15) is 13.2 Å². The van der Waals surface area contributed by atoms with Crippen LogP contribution in [0.1, 0.15) is 0 Å². The summed E-state index contributed by atoms with van der Waals surface area (Å²) >= 11 is 14.6. The van der Waals surface area contributed by atoms with E-state index in [2.05, 4.69) is 15.9 Å². The Balaban J connectivity index is 3.25. The van der Waals surface area contributed by atoms with Crippen LogP contribution in [0.4, 0.5) is 0 Å². The summed E-state index contributed by atoms with van der Waals surface area (Å²) in [5.41, 5.74) is 0. The molecule has 0 aromatic heterocycles. The van der Waals surface area contributed by atoms with Gasteiger partial charge in [-0.3, -0.25) is 4.79 Å². The Morgan fingerprint density at radius 2 is 1.84 bits per heavy atom. The van der Waals surface area contributed by atoms with Crippen molar-refractivity contribution in [3.63, 3.8) is 0 Å². The molecule has 0 heterocycles. The molecule has 0 spiro atoms. The van der Waals surface area contributed by atoms with Gasteiger partial charge in [0.2, 0.25) is 10.0 Å². The van der Waals surface area contributed by atoms with Gasteiger partial charge in [0.25, 0.3) is 0 Å². The number of carboxylic acids is 1. The van der Waals surface area contributed by atoms with Crippen LogP contribution in [0.25, 0.3) is 0 Å². The lowest BCUT2D eigenvalue weighted by molar-refractivity contribution is -0.139. The molecule has 0 saturated heterocycles. The van der Waals surface area contributed by atoms with Crippen LogP contribution in [0.15, 0.2) is 21.5 Å². The second-order valence-electron chi connectivity index (χ2n) is 3.39. The van der Waals surface area contributed by atoms with Gasteiger partial charge in [-0.05, 0) is 12.1 Å². The van der Waals surface area contributed by atoms with E-state index < -0.39 is 33.5 Å². The maximum Gasteiger partial charge on any atom is 0.324 e. The van der Waals surface area contributed by atoms with Crippen molar-refractivity contribution in [1.82, 2.24) is 4.72 Å². The molecular weight excluding hydrogens is 385 g/mol. The highest BCUT2D eigenvalue weighted by Gasteiger charge is 2.28. The number of halogens is 3. The second-order valence-corrected chi connectivity index (χ2v) is 6.77. The number of sulfonamides is 1. The number of rotatable bonds is 5. The molecule has 0 bridgehead atoms. The normalized spacial score (nSPS) is 13.3. The van der Waals surface area contributed by atoms with Crippen molar-refractivity contribution in [1.29, 1.82) is 0 Å². The number of hydrogen-bond donors (Lipinski definition) is 3. The van der Waals surface area contributed by atoms with Gasteiger partial charge in [0, 0.05) is 4.47 Å². The molecule has 0 fully saturated rings. The average molecular weight is 393 g/mol. The summed E-state index contributed by atoms with van der Waals surface area (Å²) in [4.78, 5) is 10.3. The van der Waals surface area contributed by atoms with Crippen LogP contribution in [-0.4, -0.2) is 37.2 Å². The van der Waals surface area contributed by atoms with E-state index in [0.717, 1.165) is 0 Å². The molecule has 0 unspecified atom stereocenters. The van der Waals surface area contributed by atoms with E-state index in [1.165, 1.54) is 12.1 Å². The van der Waals surface area contributed by atoms with Gasteiger partial charge in [-0.25, -0.2) is 8.42 Å². The summed E-state index contributed by atoms with van der Waals surface area (Å²) in [5, 5.41) is 17.2. The van der Waals surface area contributed by atoms with Gasteiger partial charge in [0.05, 0.1) is 16.7 Å². The average Bonchev–Trinajstić information content (AvgIpc) is 2.23. The van der Waals surface area contributed by atoms with E-state index in [0.29, 0.717) is 4.47 Å². The Bertz CT molecular complexity index is 584. The third-order valence-corrected chi connectivity index (χ3v) is 4.86. The minimum Gasteiger partial charge on any atom is -0.480 e. The van der Waals surface area contributed by atoms with Crippen LogP contribution in [0.3, 0.4) is 0 Å². The number of aliphatic carboxylic acids is 1. The molecule has 6 nitrogen and oxygen atoms in total. The SMILES string of the molecule is O=C(O)[C@@H](CO)NS(=O)(=O)c1c(Cl)cc(Br)cc1Cl. The first-order chi connectivity index (χ1) is 8.69. The fourth-order valence-electron chi connectivity index (χ4n) is 1.20. The Hall–Kier alpha value is -0.380. The molecule has 3 N–H and O–H groups in total. The van der Waals surface area contributed by atoms with Gasteiger partial charge in [-0.1, -0.05) is 39.1 Å². The summed E-state index contributed by atoms with van der Waals surface area (Å²) in [6.07, 6.45) is 0. The number of aliphatic hydroxyl groups excluding tert-OH is 1. The molecule has 0 aliphatic carbocycles. The number of nitrogens with one attached hydrogen (secondary N) is 1. The fourth-order valence-corrected chi connectivity index (χ4v) is 4.31. The van der Waals surface area contributed by atoms with E-state index in [1.54, 1.807) is 4.72 Å². The highest BCUT2D eigenvalue weighted by Crippen LogP contribution is 2.32. The van der Waals surface area contributed by atoms with E-state index in [-0.39, 0.29) is 10.0 Å². The highest BCUT2D eigenvalue weighted by atomic mass is 79.9. The minimum absolute atomic E-state index is 0.172. The predicted octanol–water partition coefficient (Wildman–Crippen LogP) is 1.48. The maximum absolute atomic E-state index is 12.0. The molecular formula is C9H8BrCl2NO5S. The summed E-state index contributed by atoms with van der Waals surface area (Å²) in [6, 6.07) is 0.925. The quantitative estimate of drug-likeness (QED) is 0.704. The first-order valence-corrected chi connectivity index (χ1v) is 7.72. The Morgan fingerprint density at radius 1 is 1.37 bits per heavy atom. The zero-order valence-corrected chi connectivity index (χ0v) is 13.0. The van der Waals surface area contributed by atoms with Crippen molar-refractivity contribution in [2.24, 2.45) is 0 Å². The molecule has 0 aliphatic heterocycles. The lowest BCUT2D eigenvalue weighted by Gasteiger charge is -2.14. The lowest BCUT2D eigenvalue weighted by Crippen LogP contribution is -2.43. The summed E-state index contributed by atoms with van der Waals surface area (Å²) in [6.45, 7) is -0.902. The summed E-state index contributed by atoms with van der Waals surface area (Å²) in [5.74, 6) is -1.52. The zero-order chi connectivity index (χ0) is 14.8. The van der Waals surface area contributed by atoms with Crippen molar-refractivity contribution in [3.8, 4) is 0 Å². The molecule has 1 atom stereocenters. The Morgan fingerprint density at radius 3 is 2.21 bits per heavy atom. The summed E-state index contributed by atoms with van der Waals surface area (Å²) < 4.78 is 26.2. The molecule has 1 aromatic carbocycles. The minimum atomic E-state index is -4.27. The molecule has 19 heavy (non-hydrogen) atoms. The largest absolute Gasteiger partial charge is 0.480 e. The van der Waals surface area contributed by atoms with Gasteiger partial charge in [-0.2, -0.15) is 4.72 Å². The van der Waals surface area contributed by atoms with Crippen LogP contribution in [0.5, 0.6) is 0 Å². The standard InChI is InChI=1S/C9H8BrCl2NO5S/c10-4-1-5(11)8(6(12)2-4)19(17,18)13-7(3-14)9(15)16/h1-2,7,13-14H,3H2,(H,15,16)/t7-/m1/s1. The Kier molecular flexibility index (Phi) is 5.60. The van der Waals surface area contributed by atoms with Crippen molar-refractivity contribution in [2.45, 2.75) is 10.9 Å². The van der Waals surface area contributed by atoms with Crippen molar-refractivity contribution in [3.05, 3.63) is 26.7 Å². The zero-order valence-electron chi connectivity index (χ0n) is 9.10. The molecule has 0 aliphatic rings. The van der Waals surface area contributed by atoms with Crippen LogP contribution in [-0.2, 0) is 14.8 Å². The molecule has 1 rings (SSSR count). The predicted molar refractivity (Wildman–Crippen MR) is 73.0 cm³/mol. The third kappa shape index (κ3) is 4.04. The van der Waals surface area contributed by atoms with Crippen LogP contribution in [0.2, 0.25) is 10.0 Å². The van der Waals surface area contributed by atoms with Crippen LogP contribution in [0, 0.1) is 0 Å². The van der Waals surface area contributed by atoms with Gasteiger partial charge in [0.1, 0.15) is 10.9 Å². The molecule has 106 valence electrons. The number of benzene rings is 1. The summed E-state index contributed by atoms with van der Waals surface area (Å²) in [7, 11) is -4.27. The van der Waals surface area contributed by atoms with E-state index in [1.807, 2.05) is 0 Å². The first kappa shape index (κ1) is 16.7. The van der Waals surface area contributed by atoms with Crippen molar-refractivity contribution >= 4 is 55.1 Å². The van der Waals surface area contributed by atoms with Crippen molar-refractivity contribution < 1.29 is 23.4 Å². The van der Waals surface area contributed by atoms with E-state index in [4.69, 9.17) is 33.4 Å². The molecule has 0 amide bonds. The molecule has 10 heteroatoms. The van der Waals surface area contributed by atoms with Gasteiger partial charge in [0.15, 0.2) is 0 Å². The van der Waals surface area contributed by atoms with Gasteiger partial charge >= 0.3 is 5.97 Å². The second kappa shape index (κ2) is 6.38. The molecule has 1 aromatic rings. The van der Waals surface area contributed by atoms with Crippen molar-refractivity contribution in [2.75, 3.05) is 6.61 Å². The number of aliphatic hydroxyl groups is 1. The topological polar surface area (TPSA) is 104 Å². The molecule has 0 radical (unpaired) electrons. The monoisotopic (exact) mass is 391 g/mol.